The van der Waals surface area contributed by atoms with Gasteiger partial charge in [0.05, 0.1) is 0 Å². The first-order valence-electron chi connectivity index (χ1n) is 4.96. The molecule has 1 atom stereocenters. The monoisotopic (exact) mass is 227 g/mol. The molecule has 0 aliphatic heterocycles. The number of anilines is 1. The Morgan fingerprint density at radius 2 is 2.07 bits per heavy atom. The van der Waals surface area contributed by atoms with E-state index < -0.39 is 7.52 Å². The van der Waals surface area contributed by atoms with Crippen LogP contribution in [0.1, 0.15) is 25.3 Å². The largest absolute Gasteiger partial charge is 0.317 e. The van der Waals surface area contributed by atoms with Crippen LogP contribution in [-0.2, 0) is 9.09 Å². The molecule has 1 aromatic carbocycles. The molecule has 0 saturated heterocycles. The van der Waals surface area contributed by atoms with Gasteiger partial charge in [-0.25, -0.2) is 0 Å². The molecule has 0 saturated carbocycles. The average molecular weight is 227 g/mol. The van der Waals surface area contributed by atoms with Gasteiger partial charge in [0.1, 0.15) is 0 Å². The summed E-state index contributed by atoms with van der Waals surface area (Å²) in [7, 11) is -1.25. The molecule has 1 rings (SSSR count). The Labute approximate surface area is 91.4 Å². The van der Waals surface area contributed by atoms with Gasteiger partial charge in [-0.3, -0.25) is 4.57 Å². The Hall–Kier alpha value is -0.790. The van der Waals surface area contributed by atoms with E-state index in [1.807, 2.05) is 18.2 Å². The van der Waals surface area contributed by atoms with E-state index in [4.69, 9.17) is 4.52 Å². The van der Waals surface area contributed by atoms with Crippen LogP contribution in [0.4, 0.5) is 5.69 Å². The molecule has 15 heavy (non-hydrogen) atoms. The van der Waals surface area contributed by atoms with Crippen LogP contribution >= 0.6 is 7.52 Å². The van der Waals surface area contributed by atoms with Gasteiger partial charge in [0.25, 0.3) is 7.52 Å². The van der Waals surface area contributed by atoms with Gasteiger partial charge in [-0.05, 0) is 23.6 Å². The van der Waals surface area contributed by atoms with Crippen molar-refractivity contribution in [1.82, 2.24) is 0 Å². The van der Waals surface area contributed by atoms with Crippen molar-refractivity contribution < 1.29 is 9.09 Å². The van der Waals surface area contributed by atoms with Gasteiger partial charge in [-0.1, -0.05) is 26.0 Å². The van der Waals surface area contributed by atoms with Gasteiger partial charge in [-0.2, -0.15) is 0 Å². The molecule has 3 nitrogen and oxygen atoms in total. The van der Waals surface area contributed by atoms with Crippen LogP contribution in [0.5, 0.6) is 0 Å². The number of benzene rings is 1. The third-order valence-electron chi connectivity index (χ3n) is 2.23. The minimum Gasteiger partial charge on any atom is -0.317 e. The highest BCUT2D eigenvalue weighted by Crippen LogP contribution is 2.41. The zero-order valence-corrected chi connectivity index (χ0v) is 10.5. The first kappa shape index (κ1) is 12.3. The summed E-state index contributed by atoms with van der Waals surface area (Å²) in [6.07, 6.45) is 0. The Balaban J connectivity index is 2.87. The van der Waals surface area contributed by atoms with Crippen molar-refractivity contribution in [2.75, 3.05) is 18.9 Å². The van der Waals surface area contributed by atoms with Crippen LogP contribution in [0.25, 0.3) is 0 Å². The minimum atomic E-state index is -2.70. The molecule has 0 amide bonds. The fourth-order valence-electron chi connectivity index (χ4n) is 1.25. The molecule has 0 spiro atoms. The number of hydrogen-bond acceptors (Lipinski definition) is 2. The molecule has 0 aliphatic carbocycles. The van der Waals surface area contributed by atoms with Crippen molar-refractivity contribution in [2.45, 2.75) is 19.8 Å². The molecule has 0 radical (unpaired) electrons. The summed E-state index contributed by atoms with van der Waals surface area (Å²) in [5.74, 6) is 0.463. The molecule has 0 aliphatic rings. The van der Waals surface area contributed by atoms with Crippen LogP contribution in [0.2, 0.25) is 0 Å². The second kappa shape index (κ2) is 4.82. The maximum atomic E-state index is 11.7. The second-order valence-corrected chi connectivity index (χ2v) is 6.20. The lowest BCUT2D eigenvalue weighted by atomic mass is 10.0. The van der Waals surface area contributed by atoms with E-state index in [1.54, 1.807) is 6.66 Å². The van der Waals surface area contributed by atoms with Gasteiger partial charge in [0, 0.05) is 19.5 Å². The summed E-state index contributed by atoms with van der Waals surface area (Å²) in [6, 6.07) is 7.90. The smallest absolute Gasteiger partial charge is 0.290 e. The summed E-state index contributed by atoms with van der Waals surface area (Å²) in [4.78, 5) is 0. The minimum absolute atomic E-state index is 0.463. The van der Waals surface area contributed by atoms with Crippen molar-refractivity contribution in [3.63, 3.8) is 0 Å². The van der Waals surface area contributed by atoms with E-state index in [9.17, 15) is 4.57 Å². The Morgan fingerprint density at radius 3 is 2.60 bits per heavy atom. The summed E-state index contributed by atoms with van der Waals surface area (Å²) in [6.45, 7) is 5.82. The molecule has 0 aromatic heterocycles. The zero-order valence-electron chi connectivity index (χ0n) is 9.65. The van der Waals surface area contributed by atoms with Gasteiger partial charge in [-0.15, -0.1) is 0 Å². The normalized spacial score (nSPS) is 15.0. The van der Waals surface area contributed by atoms with E-state index in [0.717, 1.165) is 5.69 Å². The Bertz CT molecular complexity index is 377. The fraction of sp³-hybridized carbons (Fsp3) is 0.455. The van der Waals surface area contributed by atoms with E-state index in [-0.39, 0.29) is 0 Å². The molecule has 0 heterocycles. The maximum Gasteiger partial charge on any atom is 0.290 e. The van der Waals surface area contributed by atoms with Crippen molar-refractivity contribution in [3.8, 4) is 0 Å². The molecule has 1 aromatic rings. The first-order chi connectivity index (χ1) is 6.94. The number of nitrogens with one attached hydrogen (secondary N) is 1. The van der Waals surface area contributed by atoms with Crippen LogP contribution in [0.3, 0.4) is 0 Å². The lowest BCUT2D eigenvalue weighted by Gasteiger charge is -2.15. The van der Waals surface area contributed by atoms with Crippen LogP contribution < -0.4 is 5.09 Å². The zero-order chi connectivity index (χ0) is 11.5. The fourth-order valence-corrected chi connectivity index (χ4v) is 1.95. The van der Waals surface area contributed by atoms with E-state index in [1.165, 1.54) is 12.7 Å². The third-order valence-corrected chi connectivity index (χ3v) is 3.60. The van der Waals surface area contributed by atoms with Crippen molar-refractivity contribution in [2.24, 2.45) is 0 Å². The highest BCUT2D eigenvalue weighted by atomic mass is 31.2. The number of hydrogen-bond donors (Lipinski definition) is 1. The van der Waals surface area contributed by atoms with Crippen molar-refractivity contribution >= 4 is 13.2 Å². The first-order valence-corrected chi connectivity index (χ1v) is 7.03. The molecule has 0 fully saturated rings. The highest BCUT2D eigenvalue weighted by molar-refractivity contribution is 7.59. The topological polar surface area (TPSA) is 38.3 Å². The summed E-state index contributed by atoms with van der Waals surface area (Å²) in [5.41, 5.74) is 2.06. The third kappa shape index (κ3) is 3.69. The van der Waals surface area contributed by atoms with Crippen molar-refractivity contribution in [3.05, 3.63) is 29.8 Å². The SMILES string of the molecule is COP(C)(=O)Nc1cccc(C(C)C)c1. The number of rotatable bonds is 4. The van der Waals surface area contributed by atoms with E-state index in [0.29, 0.717) is 5.92 Å². The molecule has 1 N–H and O–H groups in total. The standard InChI is InChI=1S/C11H18NO2P/c1-9(2)10-6-5-7-11(8-10)12-15(4,13)14-3/h5-9H,1-4H3,(H,12,13). The van der Waals surface area contributed by atoms with Crippen LogP contribution in [-0.4, -0.2) is 13.8 Å². The van der Waals surface area contributed by atoms with E-state index in [2.05, 4.69) is 25.0 Å². The highest BCUT2D eigenvalue weighted by Gasteiger charge is 2.13. The molecule has 0 bridgehead atoms. The van der Waals surface area contributed by atoms with Gasteiger partial charge in [0.15, 0.2) is 0 Å². The summed E-state index contributed by atoms with van der Waals surface area (Å²) in [5, 5.41) is 2.90. The Kier molecular flexibility index (Phi) is 3.95. The second-order valence-electron chi connectivity index (χ2n) is 3.92. The lowest BCUT2D eigenvalue weighted by Crippen LogP contribution is -1.98. The van der Waals surface area contributed by atoms with Gasteiger partial charge < -0.3 is 9.61 Å². The molecule has 1 unspecified atom stereocenters. The Morgan fingerprint density at radius 1 is 1.40 bits per heavy atom. The van der Waals surface area contributed by atoms with Gasteiger partial charge >= 0.3 is 0 Å². The van der Waals surface area contributed by atoms with E-state index >= 15 is 0 Å². The van der Waals surface area contributed by atoms with Crippen molar-refractivity contribution in [1.29, 1.82) is 0 Å². The average Bonchev–Trinajstić information content (AvgIpc) is 2.17. The molecule has 4 heteroatoms. The maximum absolute atomic E-state index is 11.7. The van der Waals surface area contributed by atoms with Gasteiger partial charge in [0.2, 0.25) is 0 Å². The summed E-state index contributed by atoms with van der Waals surface area (Å²) < 4.78 is 16.6. The summed E-state index contributed by atoms with van der Waals surface area (Å²) >= 11 is 0. The van der Waals surface area contributed by atoms with Crippen LogP contribution in [0, 0.1) is 0 Å². The predicted molar refractivity (Wildman–Crippen MR) is 64.7 cm³/mol. The molecular formula is C11H18NO2P. The quantitative estimate of drug-likeness (QED) is 0.797. The lowest BCUT2D eigenvalue weighted by molar-refractivity contribution is 0.403. The van der Waals surface area contributed by atoms with Crippen LogP contribution in [0.15, 0.2) is 24.3 Å². The predicted octanol–water partition coefficient (Wildman–Crippen LogP) is 3.69. The molecular weight excluding hydrogens is 209 g/mol. The molecule has 84 valence electrons.